The van der Waals surface area contributed by atoms with Crippen LogP contribution in [0.1, 0.15) is 18.0 Å². The van der Waals surface area contributed by atoms with Gasteiger partial charge in [0.05, 0.1) is 17.6 Å². The van der Waals surface area contributed by atoms with Gasteiger partial charge in [0.2, 0.25) is 5.91 Å². The molecule has 1 atom stereocenters. The monoisotopic (exact) mass is 239 g/mol. The first-order chi connectivity index (χ1) is 7.97. The van der Waals surface area contributed by atoms with E-state index in [0.29, 0.717) is 0 Å². The molecule has 0 aliphatic carbocycles. The fourth-order valence-corrected chi connectivity index (χ4v) is 1.53. The zero-order valence-electron chi connectivity index (χ0n) is 9.25. The fraction of sp³-hybridized carbons (Fsp3) is 0.300. The van der Waals surface area contributed by atoms with Crippen LogP contribution in [0.3, 0.4) is 0 Å². The molecule has 0 aliphatic rings. The minimum absolute atomic E-state index is 0.104. The number of carbonyl (C=O) groups excluding carboxylic acids is 1. The molecule has 4 N–H and O–H groups in total. The van der Waals surface area contributed by atoms with Gasteiger partial charge in [-0.05, 0) is 6.07 Å². The minimum Gasteiger partial charge on any atom is -0.490 e. The van der Waals surface area contributed by atoms with E-state index in [1.165, 1.54) is 19.2 Å². The molecule has 7 heteroatoms. The Morgan fingerprint density at radius 3 is 2.71 bits per heavy atom. The largest absolute Gasteiger partial charge is 0.490 e. The molecule has 0 heterocycles. The number of para-hydroxylation sites is 1. The number of nitrogens with zero attached hydrogens (tertiary/aromatic N) is 1. The van der Waals surface area contributed by atoms with E-state index in [-0.39, 0.29) is 23.4 Å². The molecule has 0 spiro atoms. The van der Waals surface area contributed by atoms with Crippen molar-refractivity contribution >= 4 is 11.6 Å². The molecule has 17 heavy (non-hydrogen) atoms. The molecule has 1 aromatic carbocycles. The number of nitro benzene ring substituents is 1. The van der Waals surface area contributed by atoms with Crippen molar-refractivity contribution in [2.24, 2.45) is 11.5 Å². The number of nitro groups is 1. The highest BCUT2D eigenvalue weighted by Gasteiger charge is 2.25. The van der Waals surface area contributed by atoms with E-state index in [0.717, 1.165) is 0 Å². The number of methoxy groups -OCH3 is 1. The Morgan fingerprint density at radius 1 is 1.59 bits per heavy atom. The van der Waals surface area contributed by atoms with Crippen molar-refractivity contribution in [1.82, 2.24) is 0 Å². The Morgan fingerprint density at radius 2 is 2.24 bits per heavy atom. The average Bonchev–Trinajstić information content (AvgIpc) is 2.26. The van der Waals surface area contributed by atoms with E-state index in [9.17, 15) is 14.9 Å². The van der Waals surface area contributed by atoms with Crippen molar-refractivity contribution in [3.63, 3.8) is 0 Å². The van der Waals surface area contributed by atoms with Gasteiger partial charge in [0, 0.05) is 12.5 Å². The first-order valence-electron chi connectivity index (χ1n) is 4.82. The van der Waals surface area contributed by atoms with Gasteiger partial charge in [-0.15, -0.1) is 0 Å². The third kappa shape index (κ3) is 2.91. The Balaban J connectivity index is 3.22. The summed E-state index contributed by atoms with van der Waals surface area (Å²) >= 11 is 0. The van der Waals surface area contributed by atoms with E-state index in [1.807, 2.05) is 0 Å². The van der Waals surface area contributed by atoms with Gasteiger partial charge in [-0.3, -0.25) is 14.9 Å². The molecule has 1 aromatic rings. The van der Waals surface area contributed by atoms with Crippen molar-refractivity contribution in [3.8, 4) is 5.75 Å². The van der Waals surface area contributed by atoms with Crippen LogP contribution in [0.2, 0.25) is 0 Å². The molecule has 0 radical (unpaired) electrons. The summed E-state index contributed by atoms with van der Waals surface area (Å²) in [5.74, 6) is -0.512. The van der Waals surface area contributed by atoms with Gasteiger partial charge in [0.15, 0.2) is 5.75 Å². The van der Waals surface area contributed by atoms with E-state index >= 15 is 0 Å². The summed E-state index contributed by atoms with van der Waals surface area (Å²) in [6.45, 7) is 0. The Hall–Kier alpha value is -2.15. The van der Waals surface area contributed by atoms with Crippen molar-refractivity contribution in [3.05, 3.63) is 33.9 Å². The summed E-state index contributed by atoms with van der Waals surface area (Å²) in [4.78, 5) is 21.1. The third-order valence-corrected chi connectivity index (χ3v) is 2.25. The van der Waals surface area contributed by atoms with E-state index in [4.69, 9.17) is 16.2 Å². The molecule has 0 fully saturated rings. The lowest BCUT2D eigenvalue weighted by Crippen LogP contribution is -2.21. The molecule has 0 saturated carbocycles. The fourth-order valence-electron chi connectivity index (χ4n) is 1.53. The van der Waals surface area contributed by atoms with Gasteiger partial charge < -0.3 is 16.2 Å². The number of hydrogen-bond acceptors (Lipinski definition) is 5. The van der Waals surface area contributed by atoms with Crippen LogP contribution in [0, 0.1) is 10.1 Å². The number of carbonyl (C=O) groups is 1. The van der Waals surface area contributed by atoms with Crippen molar-refractivity contribution < 1.29 is 14.5 Å². The van der Waals surface area contributed by atoms with Crippen molar-refractivity contribution in [1.29, 1.82) is 0 Å². The second kappa shape index (κ2) is 5.26. The predicted octanol–water partition coefficient (Wildman–Crippen LogP) is 0.479. The van der Waals surface area contributed by atoms with Crippen LogP contribution in [0.15, 0.2) is 18.2 Å². The average molecular weight is 239 g/mol. The lowest BCUT2D eigenvalue weighted by Gasteiger charge is -2.12. The normalized spacial score (nSPS) is 11.9. The van der Waals surface area contributed by atoms with E-state index in [2.05, 4.69) is 0 Å². The van der Waals surface area contributed by atoms with Crippen LogP contribution < -0.4 is 16.2 Å². The molecular weight excluding hydrogens is 226 g/mol. The summed E-state index contributed by atoms with van der Waals surface area (Å²) in [6.07, 6.45) is -0.159. The number of amides is 1. The highest BCUT2D eigenvalue weighted by molar-refractivity contribution is 5.75. The topological polar surface area (TPSA) is 121 Å². The van der Waals surface area contributed by atoms with Crippen molar-refractivity contribution in [2.75, 3.05) is 7.11 Å². The highest BCUT2D eigenvalue weighted by atomic mass is 16.6. The standard InChI is InChI=1S/C10H13N3O4/c1-17-8-4-2-3-6(10(8)13(15)16)7(11)5-9(12)14/h2-4,7H,5,11H2,1H3,(H2,12,14). The SMILES string of the molecule is COc1cccc(C(N)CC(N)=O)c1[N+](=O)[O-]. The minimum atomic E-state index is -0.817. The predicted molar refractivity (Wildman–Crippen MR) is 60.4 cm³/mol. The molecule has 1 amide bonds. The van der Waals surface area contributed by atoms with Crippen LogP contribution in [0.25, 0.3) is 0 Å². The number of ether oxygens (including phenoxy) is 1. The van der Waals surface area contributed by atoms with Gasteiger partial charge in [-0.25, -0.2) is 0 Å². The summed E-state index contributed by atoms with van der Waals surface area (Å²) in [7, 11) is 1.33. The number of benzene rings is 1. The Labute approximate surface area is 97.5 Å². The molecule has 1 unspecified atom stereocenters. The second-order valence-electron chi connectivity index (χ2n) is 3.43. The van der Waals surface area contributed by atoms with Gasteiger partial charge in [0.25, 0.3) is 0 Å². The van der Waals surface area contributed by atoms with Crippen LogP contribution >= 0.6 is 0 Å². The summed E-state index contributed by atoms with van der Waals surface area (Å²) in [5, 5.41) is 10.9. The highest BCUT2D eigenvalue weighted by Crippen LogP contribution is 2.34. The maximum Gasteiger partial charge on any atom is 0.315 e. The second-order valence-corrected chi connectivity index (χ2v) is 3.43. The number of primary amides is 1. The lowest BCUT2D eigenvalue weighted by atomic mass is 10.0. The van der Waals surface area contributed by atoms with Crippen molar-refractivity contribution in [2.45, 2.75) is 12.5 Å². The van der Waals surface area contributed by atoms with Gasteiger partial charge in [-0.2, -0.15) is 0 Å². The maximum atomic E-state index is 10.9. The van der Waals surface area contributed by atoms with Crippen LogP contribution in [-0.2, 0) is 4.79 Å². The molecular formula is C10H13N3O4. The van der Waals surface area contributed by atoms with Gasteiger partial charge >= 0.3 is 5.69 Å². The molecule has 0 saturated heterocycles. The Kier molecular flexibility index (Phi) is 4.00. The quantitative estimate of drug-likeness (QED) is 0.571. The van der Waals surface area contributed by atoms with Crippen LogP contribution in [-0.4, -0.2) is 17.9 Å². The van der Waals surface area contributed by atoms with E-state index < -0.39 is 16.9 Å². The molecule has 1 rings (SSSR count). The molecule has 7 nitrogen and oxygen atoms in total. The van der Waals surface area contributed by atoms with Gasteiger partial charge in [-0.1, -0.05) is 12.1 Å². The summed E-state index contributed by atoms with van der Waals surface area (Å²) < 4.78 is 4.89. The zero-order valence-corrected chi connectivity index (χ0v) is 9.25. The summed E-state index contributed by atoms with van der Waals surface area (Å²) in [6, 6.07) is 3.69. The first kappa shape index (κ1) is 12.9. The first-order valence-corrected chi connectivity index (χ1v) is 4.82. The third-order valence-electron chi connectivity index (χ3n) is 2.25. The van der Waals surface area contributed by atoms with Crippen LogP contribution in [0.5, 0.6) is 5.75 Å². The summed E-state index contributed by atoms with van der Waals surface area (Å²) in [5.41, 5.74) is 10.7. The zero-order chi connectivity index (χ0) is 13.0. The Bertz CT molecular complexity index is 447. The molecule has 0 bridgehead atoms. The van der Waals surface area contributed by atoms with Crippen LogP contribution in [0.4, 0.5) is 5.69 Å². The lowest BCUT2D eigenvalue weighted by molar-refractivity contribution is -0.386. The molecule has 92 valence electrons. The maximum absolute atomic E-state index is 10.9. The number of rotatable bonds is 5. The molecule has 0 aliphatic heterocycles. The molecule has 0 aromatic heterocycles. The number of nitrogens with two attached hydrogens (primary N) is 2. The van der Waals surface area contributed by atoms with E-state index in [1.54, 1.807) is 6.07 Å². The number of hydrogen-bond donors (Lipinski definition) is 2. The smallest absolute Gasteiger partial charge is 0.315 e. The van der Waals surface area contributed by atoms with Gasteiger partial charge in [0.1, 0.15) is 0 Å².